The molecule has 0 radical (unpaired) electrons. The van der Waals surface area contributed by atoms with Gasteiger partial charge in [-0.15, -0.1) is 0 Å². The summed E-state index contributed by atoms with van der Waals surface area (Å²) in [5.41, 5.74) is 8.61. The highest BCUT2D eigenvalue weighted by atomic mass is 16.1. The Balaban J connectivity index is 2.08. The summed E-state index contributed by atoms with van der Waals surface area (Å²) in [5.74, 6) is -0.238. The first-order valence-corrected chi connectivity index (χ1v) is 6.03. The van der Waals surface area contributed by atoms with Crippen LogP contribution in [0.3, 0.4) is 0 Å². The smallest absolute Gasteiger partial charge is 0.217 e. The molecule has 18 heavy (non-hydrogen) atoms. The molecule has 2 aromatic rings. The molecule has 0 saturated heterocycles. The summed E-state index contributed by atoms with van der Waals surface area (Å²) in [7, 11) is 0. The molecule has 1 heterocycles. The lowest BCUT2D eigenvalue weighted by Crippen LogP contribution is -2.10. The van der Waals surface area contributed by atoms with Gasteiger partial charge in [-0.3, -0.25) is 9.78 Å². The molecule has 0 bridgehead atoms. The Morgan fingerprint density at radius 3 is 2.72 bits per heavy atom. The zero-order valence-corrected chi connectivity index (χ0v) is 10.2. The van der Waals surface area contributed by atoms with Crippen LogP contribution in [0.5, 0.6) is 0 Å². The van der Waals surface area contributed by atoms with E-state index >= 15 is 0 Å². The number of hydrogen-bond donors (Lipinski definition) is 1. The molecule has 92 valence electrons. The normalized spacial score (nSPS) is 10.2. The number of carbonyl (C=O) groups is 1. The number of nitrogens with zero attached hydrogens (tertiary/aromatic N) is 1. The highest BCUT2D eigenvalue weighted by Gasteiger charge is 2.00. The van der Waals surface area contributed by atoms with Gasteiger partial charge in [-0.2, -0.15) is 0 Å². The van der Waals surface area contributed by atoms with Crippen LogP contribution in [-0.4, -0.2) is 10.9 Å². The van der Waals surface area contributed by atoms with Gasteiger partial charge in [-0.25, -0.2) is 0 Å². The first kappa shape index (κ1) is 12.3. The van der Waals surface area contributed by atoms with Crippen LogP contribution in [-0.2, 0) is 11.2 Å². The maximum atomic E-state index is 10.7. The quantitative estimate of drug-likeness (QED) is 0.873. The Labute approximate surface area is 107 Å². The van der Waals surface area contributed by atoms with E-state index in [9.17, 15) is 4.79 Å². The molecule has 2 rings (SSSR count). The summed E-state index contributed by atoms with van der Waals surface area (Å²) in [6, 6.07) is 12.3. The topological polar surface area (TPSA) is 56.0 Å². The van der Waals surface area contributed by atoms with Crippen molar-refractivity contribution in [3.63, 3.8) is 0 Å². The van der Waals surface area contributed by atoms with E-state index in [0.29, 0.717) is 6.42 Å². The van der Waals surface area contributed by atoms with E-state index in [1.807, 2.05) is 24.4 Å². The van der Waals surface area contributed by atoms with Crippen molar-refractivity contribution in [2.45, 2.75) is 19.3 Å². The van der Waals surface area contributed by atoms with Gasteiger partial charge >= 0.3 is 0 Å². The summed E-state index contributed by atoms with van der Waals surface area (Å²) in [6.45, 7) is 0. The first-order chi connectivity index (χ1) is 8.75. The van der Waals surface area contributed by atoms with Crippen molar-refractivity contribution >= 4 is 5.91 Å². The lowest BCUT2D eigenvalue weighted by Gasteiger charge is -2.04. The number of primary amides is 1. The Morgan fingerprint density at radius 2 is 2.00 bits per heavy atom. The third-order valence-corrected chi connectivity index (χ3v) is 2.81. The zero-order valence-electron chi connectivity index (χ0n) is 10.2. The fraction of sp³-hybridized carbons (Fsp3) is 0.200. The van der Waals surface area contributed by atoms with Crippen LogP contribution < -0.4 is 5.73 Å². The van der Waals surface area contributed by atoms with E-state index in [1.54, 1.807) is 6.20 Å². The second kappa shape index (κ2) is 5.96. The van der Waals surface area contributed by atoms with E-state index in [-0.39, 0.29) is 5.91 Å². The number of benzene rings is 1. The molecule has 3 heteroatoms. The number of amides is 1. The lowest BCUT2D eigenvalue weighted by atomic mass is 10.0. The van der Waals surface area contributed by atoms with Gasteiger partial charge in [0.2, 0.25) is 5.91 Å². The molecule has 0 aliphatic carbocycles. The van der Waals surface area contributed by atoms with Crippen LogP contribution >= 0.6 is 0 Å². The largest absolute Gasteiger partial charge is 0.370 e. The Morgan fingerprint density at radius 1 is 1.17 bits per heavy atom. The number of nitrogens with two attached hydrogens (primary N) is 1. The highest BCUT2D eigenvalue weighted by Crippen LogP contribution is 2.19. The summed E-state index contributed by atoms with van der Waals surface area (Å²) in [4.78, 5) is 14.8. The molecule has 1 aromatic heterocycles. The average molecular weight is 240 g/mol. The SMILES string of the molecule is NC(=O)CCCc1cccc(-c2cccnc2)c1. The van der Waals surface area contributed by atoms with Gasteiger partial charge in [0.05, 0.1) is 0 Å². The maximum Gasteiger partial charge on any atom is 0.217 e. The van der Waals surface area contributed by atoms with Crippen molar-refractivity contribution in [1.29, 1.82) is 0 Å². The fourth-order valence-electron chi connectivity index (χ4n) is 1.91. The van der Waals surface area contributed by atoms with Crippen molar-refractivity contribution in [2.75, 3.05) is 0 Å². The predicted octanol–water partition coefficient (Wildman–Crippen LogP) is 2.56. The number of rotatable bonds is 5. The molecule has 3 nitrogen and oxygen atoms in total. The summed E-state index contributed by atoms with van der Waals surface area (Å²) in [6.07, 6.45) is 5.72. The Bertz CT molecular complexity index is 523. The van der Waals surface area contributed by atoms with Gasteiger partial charge in [0.1, 0.15) is 0 Å². The highest BCUT2D eigenvalue weighted by molar-refractivity contribution is 5.73. The molecule has 0 aliphatic heterocycles. The van der Waals surface area contributed by atoms with E-state index in [0.717, 1.165) is 24.0 Å². The third kappa shape index (κ3) is 3.42. The second-order valence-electron chi connectivity index (χ2n) is 4.26. The molecule has 0 unspecified atom stereocenters. The van der Waals surface area contributed by atoms with Crippen molar-refractivity contribution in [2.24, 2.45) is 5.73 Å². The van der Waals surface area contributed by atoms with Crippen LogP contribution in [0.1, 0.15) is 18.4 Å². The molecular weight excluding hydrogens is 224 g/mol. The lowest BCUT2D eigenvalue weighted by molar-refractivity contribution is -0.118. The minimum Gasteiger partial charge on any atom is -0.370 e. The van der Waals surface area contributed by atoms with Crippen LogP contribution in [0.15, 0.2) is 48.8 Å². The third-order valence-electron chi connectivity index (χ3n) is 2.81. The first-order valence-electron chi connectivity index (χ1n) is 6.03. The van der Waals surface area contributed by atoms with Crippen molar-refractivity contribution in [1.82, 2.24) is 4.98 Å². The van der Waals surface area contributed by atoms with Crippen LogP contribution in [0.4, 0.5) is 0 Å². The summed E-state index contributed by atoms with van der Waals surface area (Å²) < 4.78 is 0. The van der Waals surface area contributed by atoms with Gasteiger partial charge in [-0.05, 0) is 35.6 Å². The molecule has 1 amide bonds. The number of aryl methyl sites for hydroxylation is 1. The van der Waals surface area contributed by atoms with Gasteiger partial charge in [0.25, 0.3) is 0 Å². The number of aromatic nitrogens is 1. The van der Waals surface area contributed by atoms with Gasteiger partial charge in [0.15, 0.2) is 0 Å². The van der Waals surface area contributed by atoms with Crippen LogP contribution in [0, 0.1) is 0 Å². The molecule has 0 spiro atoms. The molecular formula is C15H16N2O. The predicted molar refractivity (Wildman–Crippen MR) is 71.8 cm³/mol. The Kier molecular flexibility index (Phi) is 4.07. The molecule has 0 saturated carbocycles. The summed E-state index contributed by atoms with van der Waals surface area (Å²) in [5, 5.41) is 0. The summed E-state index contributed by atoms with van der Waals surface area (Å²) >= 11 is 0. The maximum absolute atomic E-state index is 10.7. The zero-order chi connectivity index (χ0) is 12.8. The second-order valence-corrected chi connectivity index (χ2v) is 4.26. The van der Waals surface area contributed by atoms with E-state index in [1.165, 1.54) is 5.56 Å². The monoisotopic (exact) mass is 240 g/mol. The minimum absolute atomic E-state index is 0.238. The van der Waals surface area contributed by atoms with E-state index < -0.39 is 0 Å². The number of carbonyl (C=O) groups excluding carboxylic acids is 1. The minimum atomic E-state index is -0.238. The van der Waals surface area contributed by atoms with Crippen molar-refractivity contribution < 1.29 is 4.79 Å². The fourth-order valence-corrected chi connectivity index (χ4v) is 1.91. The van der Waals surface area contributed by atoms with Crippen LogP contribution in [0.2, 0.25) is 0 Å². The van der Waals surface area contributed by atoms with E-state index in [2.05, 4.69) is 23.2 Å². The number of hydrogen-bond acceptors (Lipinski definition) is 2. The van der Waals surface area contributed by atoms with Crippen molar-refractivity contribution in [3.8, 4) is 11.1 Å². The van der Waals surface area contributed by atoms with Gasteiger partial charge < -0.3 is 5.73 Å². The number of pyridine rings is 1. The molecule has 1 aromatic carbocycles. The molecule has 0 aliphatic rings. The van der Waals surface area contributed by atoms with Gasteiger partial charge in [0, 0.05) is 18.8 Å². The van der Waals surface area contributed by atoms with E-state index in [4.69, 9.17) is 5.73 Å². The Hall–Kier alpha value is -2.16. The molecule has 2 N–H and O–H groups in total. The average Bonchev–Trinajstić information content (AvgIpc) is 2.40. The standard InChI is InChI=1S/C15H16N2O/c16-15(18)8-2-5-12-4-1-6-13(10-12)14-7-3-9-17-11-14/h1,3-4,6-7,9-11H,2,5,8H2,(H2,16,18). The van der Waals surface area contributed by atoms with Gasteiger partial charge in [-0.1, -0.05) is 30.3 Å². The van der Waals surface area contributed by atoms with Crippen LogP contribution in [0.25, 0.3) is 11.1 Å². The molecule has 0 atom stereocenters. The molecule has 0 fully saturated rings. The van der Waals surface area contributed by atoms with Crippen molar-refractivity contribution in [3.05, 3.63) is 54.4 Å².